The lowest BCUT2D eigenvalue weighted by molar-refractivity contribution is 0.0735. The van der Waals surface area contributed by atoms with Crippen molar-refractivity contribution in [3.63, 3.8) is 0 Å². The number of rotatable bonds is 3. The summed E-state index contributed by atoms with van der Waals surface area (Å²) in [7, 11) is 1.80. The Balaban J connectivity index is 1.83. The molecule has 1 aliphatic rings. The Morgan fingerprint density at radius 3 is 2.91 bits per heavy atom. The zero-order valence-corrected chi connectivity index (χ0v) is 14.0. The fraction of sp³-hybridized carbons (Fsp3) is 0.412. The lowest BCUT2D eigenvalue weighted by atomic mass is 10.0. The fourth-order valence-electron chi connectivity index (χ4n) is 3.24. The van der Waals surface area contributed by atoms with Gasteiger partial charge in [0.1, 0.15) is 5.82 Å². The largest absolute Gasteiger partial charge is 0.335 e. The number of nitrogens with zero attached hydrogens (tertiary/aromatic N) is 3. The van der Waals surface area contributed by atoms with E-state index in [4.69, 9.17) is 11.6 Å². The Hall–Kier alpha value is -1.88. The maximum Gasteiger partial charge on any atom is 0.257 e. The van der Waals surface area contributed by atoms with Crippen molar-refractivity contribution >= 4 is 17.5 Å². The molecule has 23 heavy (non-hydrogen) atoms. The number of carbonyl (C=O) groups excluding carboxylic acids is 1. The van der Waals surface area contributed by atoms with Crippen LogP contribution in [-0.4, -0.2) is 33.2 Å². The van der Waals surface area contributed by atoms with Crippen molar-refractivity contribution < 1.29 is 9.18 Å². The van der Waals surface area contributed by atoms with Crippen molar-refractivity contribution in [1.82, 2.24) is 14.7 Å². The number of hydrogen-bond donors (Lipinski definition) is 0. The van der Waals surface area contributed by atoms with Crippen LogP contribution in [0, 0.1) is 12.7 Å². The van der Waals surface area contributed by atoms with E-state index in [1.54, 1.807) is 30.1 Å². The van der Waals surface area contributed by atoms with Gasteiger partial charge in [-0.1, -0.05) is 17.7 Å². The van der Waals surface area contributed by atoms with E-state index in [0.29, 0.717) is 34.8 Å². The van der Waals surface area contributed by atoms with Crippen LogP contribution in [0.15, 0.2) is 24.4 Å². The number of aryl methyl sites for hydroxylation is 2. The minimum Gasteiger partial charge on any atom is -0.335 e. The molecule has 0 saturated carbocycles. The second-order valence-electron chi connectivity index (χ2n) is 6.00. The van der Waals surface area contributed by atoms with Crippen molar-refractivity contribution in [2.24, 2.45) is 7.05 Å². The van der Waals surface area contributed by atoms with Crippen molar-refractivity contribution in [3.8, 4) is 0 Å². The summed E-state index contributed by atoms with van der Waals surface area (Å²) in [5, 5.41) is 4.65. The standard InChI is InChI=1S/C17H19ClFN3O/c1-11-14(10-21(2)20-11)17(23)22-8-4-5-12(22)9-13-15(18)6-3-7-16(13)19/h3,6-7,10,12H,4-5,8-9H2,1-2H3/t12-/m1/s1. The highest BCUT2D eigenvalue weighted by Gasteiger charge is 2.32. The molecule has 1 aromatic carbocycles. The van der Waals surface area contributed by atoms with Crippen LogP contribution in [0.3, 0.4) is 0 Å². The SMILES string of the molecule is Cc1nn(C)cc1C(=O)N1CCC[C@@H]1Cc1c(F)cccc1Cl. The highest BCUT2D eigenvalue weighted by atomic mass is 35.5. The molecule has 2 aromatic rings. The summed E-state index contributed by atoms with van der Waals surface area (Å²) in [5.41, 5.74) is 1.81. The zero-order valence-electron chi connectivity index (χ0n) is 13.2. The third-order valence-corrected chi connectivity index (χ3v) is 4.74. The number of halogens is 2. The Labute approximate surface area is 139 Å². The van der Waals surface area contributed by atoms with Gasteiger partial charge < -0.3 is 4.90 Å². The first-order valence-corrected chi connectivity index (χ1v) is 8.09. The molecule has 0 spiro atoms. The van der Waals surface area contributed by atoms with E-state index >= 15 is 0 Å². The fourth-order valence-corrected chi connectivity index (χ4v) is 3.48. The monoisotopic (exact) mass is 335 g/mol. The van der Waals surface area contributed by atoms with Crippen LogP contribution in [0.2, 0.25) is 5.02 Å². The average molecular weight is 336 g/mol. The van der Waals surface area contributed by atoms with E-state index in [0.717, 1.165) is 12.8 Å². The molecule has 2 heterocycles. The Morgan fingerprint density at radius 2 is 2.26 bits per heavy atom. The summed E-state index contributed by atoms with van der Waals surface area (Å²) in [6, 6.07) is 4.66. The van der Waals surface area contributed by atoms with Crippen molar-refractivity contribution in [1.29, 1.82) is 0 Å². The van der Waals surface area contributed by atoms with E-state index in [1.165, 1.54) is 6.07 Å². The van der Waals surface area contributed by atoms with Gasteiger partial charge in [0, 0.05) is 36.4 Å². The minimum absolute atomic E-state index is 0.0310. The van der Waals surface area contributed by atoms with Crippen molar-refractivity contribution in [3.05, 3.63) is 52.1 Å². The molecule has 0 radical (unpaired) electrons. The number of carbonyl (C=O) groups is 1. The molecular weight excluding hydrogens is 317 g/mol. The van der Waals surface area contributed by atoms with Crippen molar-refractivity contribution in [2.45, 2.75) is 32.2 Å². The zero-order chi connectivity index (χ0) is 16.6. The Morgan fingerprint density at radius 1 is 1.48 bits per heavy atom. The highest BCUT2D eigenvalue weighted by Crippen LogP contribution is 2.28. The summed E-state index contributed by atoms with van der Waals surface area (Å²) in [4.78, 5) is 14.6. The third kappa shape index (κ3) is 3.11. The predicted octanol–water partition coefficient (Wildman–Crippen LogP) is 3.37. The summed E-state index contributed by atoms with van der Waals surface area (Å²) < 4.78 is 15.7. The van der Waals surface area contributed by atoms with E-state index in [2.05, 4.69) is 5.10 Å². The molecular formula is C17H19ClFN3O. The van der Waals surface area contributed by atoms with Crippen LogP contribution in [-0.2, 0) is 13.5 Å². The molecule has 1 aliphatic heterocycles. The molecule has 1 amide bonds. The summed E-state index contributed by atoms with van der Waals surface area (Å²) in [6.45, 7) is 2.51. The predicted molar refractivity (Wildman–Crippen MR) is 87.1 cm³/mol. The average Bonchev–Trinajstić information content (AvgIpc) is 3.08. The first-order valence-electron chi connectivity index (χ1n) is 7.71. The van der Waals surface area contributed by atoms with Gasteiger partial charge in [0.15, 0.2) is 0 Å². The maximum atomic E-state index is 14.0. The van der Waals surface area contributed by atoms with E-state index in [-0.39, 0.29) is 17.8 Å². The molecule has 0 aliphatic carbocycles. The molecule has 0 N–H and O–H groups in total. The topological polar surface area (TPSA) is 38.1 Å². The quantitative estimate of drug-likeness (QED) is 0.862. The summed E-state index contributed by atoms with van der Waals surface area (Å²) >= 11 is 6.12. The molecule has 3 rings (SSSR count). The molecule has 1 saturated heterocycles. The van der Waals surface area contributed by atoms with E-state index in [9.17, 15) is 9.18 Å². The van der Waals surface area contributed by atoms with Crippen LogP contribution in [0.1, 0.15) is 34.5 Å². The number of hydrogen-bond acceptors (Lipinski definition) is 2. The van der Waals surface area contributed by atoms with Gasteiger partial charge in [-0.2, -0.15) is 5.10 Å². The van der Waals surface area contributed by atoms with E-state index in [1.807, 2.05) is 11.8 Å². The maximum absolute atomic E-state index is 14.0. The molecule has 122 valence electrons. The molecule has 0 unspecified atom stereocenters. The Bertz CT molecular complexity index is 723. The van der Waals surface area contributed by atoms with Crippen LogP contribution in [0.5, 0.6) is 0 Å². The summed E-state index contributed by atoms with van der Waals surface area (Å²) in [5.74, 6) is -0.347. The molecule has 6 heteroatoms. The molecule has 1 atom stereocenters. The van der Waals surface area contributed by atoms with Gasteiger partial charge >= 0.3 is 0 Å². The van der Waals surface area contributed by atoms with Crippen LogP contribution in [0.25, 0.3) is 0 Å². The van der Waals surface area contributed by atoms with Gasteiger partial charge in [-0.25, -0.2) is 4.39 Å². The van der Waals surface area contributed by atoms with Gasteiger partial charge in [-0.3, -0.25) is 9.48 Å². The van der Waals surface area contributed by atoms with Gasteiger partial charge in [-0.15, -0.1) is 0 Å². The third-order valence-electron chi connectivity index (χ3n) is 4.38. The van der Waals surface area contributed by atoms with Gasteiger partial charge in [0.2, 0.25) is 0 Å². The lowest BCUT2D eigenvalue weighted by Crippen LogP contribution is -2.37. The minimum atomic E-state index is -0.311. The second-order valence-corrected chi connectivity index (χ2v) is 6.41. The lowest BCUT2D eigenvalue weighted by Gasteiger charge is -2.25. The molecule has 1 fully saturated rings. The first kappa shape index (κ1) is 16.0. The molecule has 1 aromatic heterocycles. The van der Waals surface area contributed by atoms with Gasteiger partial charge in [0.25, 0.3) is 5.91 Å². The normalized spacial score (nSPS) is 17.7. The molecule has 4 nitrogen and oxygen atoms in total. The van der Waals surface area contributed by atoms with Crippen LogP contribution < -0.4 is 0 Å². The number of likely N-dealkylation sites (tertiary alicyclic amines) is 1. The van der Waals surface area contributed by atoms with Crippen molar-refractivity contribution in [2.75, 3.05) is 6.54 Å². The first-order chi connectivity index (χ1) is 11.0. The molecule has 0 bridgehead atoms. The smallest absolute Gasteiger partial charge is 0.257 e. The van der Waals surface area contributed by atoms with Crippen LogP contribution in [0.4, 0.5) is 4.39 Å². The van der Waals surface area contributed by atoms with E-state index < -0.39 is 0 Å². The second kappa shape index (κ2) is 6.32. The van der Waals surface area contributed by atoms with Gasteiger partial charge in [-0.05, 0) is 38.3 Å². The highest BCUT2D eigenvalue weighted by molar-refractivity contribution is 6.31. The number of benzene rings is 1. The number of amides is 1. The number of aromatic nitrogens is 2. The Kier molecular flexibility index (Phi) is 4.39. The van der Waals surface area contributed by atoms with Crippen LogP contribution >= 0.6 is 11.6 Å². The summed E-state index contributed by atoms with van der Waals surface area (Å²) in [6.07, 6.45) is 3.96. The van der Waals surface area contributed by atoms with Gasteiger partial charge in [0.05, 0.1) is 11.3 Å².